The molecule has 0 bridgehead atoms. The Bertz CT molecular complexity index is 373. The van der Waals surface area contributed by atoms with Crippen molar-refractivity contribution in [1.82, 2.24) is 0 Å². The van der Waals surface area contributed by atoms with Crippen molar-refractivity contribution < 1.29 is 28.5 Å². The lowest BCUT2D eigenvalue weighted by Gasteiger charge is -2.31. The minimum absolute atomic E-state index is 0.0866. The molecule has 0 amide bonds. The first-order valence-corrected chi connectivity index (χ1v) is 8.30. The molecule has 134 valence electrons. The molecule has 0 saturated heterocycles. The van der Waals surface area contributed by atoms with Crippen LogP contribution in [0.3, 0.4) is 0 Å². The van der Waals surface area contributed by atoms with E-state index in [9.17, 15) is 4.79 Å². The molecule has 0 aliphatic carbocycles. The van der Waals surface area contributed by atoms with Crippen molar-refractivity contribution >= 4 is 5.97 Å². The smallest absolute Gasteiger partial charge is 0.337 e. The van der Waals surface area contributed by atoms with Crippen LogP contribution in [0.4, 0.5) is 0 Å². The van der Waals surface area contributed by atoms with E-state index < -0.39 is 0 Å². The van der Waals surface area contributed by atoms with Crippen molar-refractivity contribution in [3.8, 4) is 0 Å². The van der Waals surface area contributed by atoms with Crippen LogP contribution in [0.1, 0.15) is 40.5 Å². The average Bonchev–Trinajstić information content (AvgIpc) is 2.53. The Hall–Kier alpha value is -1.11. The summed E-state index contributed by atoms with van der Waals surface area (Å²) >= 11 is 0. The molecule has 0 fully saturated rings. The second kappa shape index (κ2) is 10.6. The van der Waals surface area contributed by atoms with Gasteiger partial charge in [-0.2, -0.15) is 0 Å². The summed E-state index contributed by atoms with van der Waals surface area (Å²) in [6.45, 7) is 9.71. The molecule has 6 nitrogen and oxygen atoms in total. The molecular formula is C17H30O6. The SMILES string of the molecule is CCOC(C[C@H]1CC(OCC(C)C)OC=C1C(=O)OC)OCC. The van der Waals surface area contributed by atoms with Gasteiger partial charge in [0, 0.05) is 32.0 Å². The lowest BCUT2D eigenvalue weighted by Crippen LogP contribution is -2.32. The van der Waals surface area contributed by atoms with Crippen LogP contribution in [-0.2, 0) is 28.5 Å². The van der Waals surface area contributed by atoms with Crippen LogP contribution in [0.5, 0.6) is 0 Å². The Kier molecular flexibility index (Phi) is 9.21. The van der Waals surface area contributed by atoms with Gasteiger partial charge in [0.05, 0.1) is 25.6 Å². The summed E-state index contributed by atoms with van der Waals surface area (Å²) < 4.78 is 27.3. The van der Waals surface area contributed by atoms with Gasteiger partial charge >= 0.3 is 5.97 Å². The normalized spacial score (nSPS) is 21.3. The molecule has 0 aromatic heterocycles. The van der Waals surface area contributed by atoms with E-state index in [1.165, 1.54) is 13.4 Å². The summed E-state index contributed by atoms with van der Waals surface area (Å²) in [5, 5.41) is 0. The van der Waals surface area contributed by atoms with Gasteiger partial charge < -0.3 is 23.7 Å². The average molecular weight is 330 g/mol. The third-order valence-corrected chi connectivity index (χ3v) is 3.48. The Morgan fingerprint density at radius 1 is 1.30 bits per heavy atom. The highest BCUT2D eigenvalue weighted by Crippen LogP contribution is 2.31. The molecule has 1 heterocycles. The van der Waals surface area contributed by atoms with Gasteiger partial charge in [0.25, 0.3) is 0 Å². The number of hydrogen-bond donors (Lipinski definition) is 0. The second-order valence-corrected chi connectivity index (χ2v) is 5.87. The minimum Gasteiger partial charge on any atom is -0.472 e. The molecule has 1 aliphatic heterocycles. The summed E-state index contributed by atoms with van der Waals surface area (Å²) in [4.78, 5) is 12.0. The van der Waals surface area contributed by atoms with E-state index in [0.717, 1.165) is 0 Å². The molecule has 6 heteroatoms. The number of methoxy groups -OCH3 is 1. The highest BCUT2D eigenvalue weighted by atomic mass is 16.7. The van der Waals surface area contributed by atoms with Crippen molar-refractivity contribution in [3.63, 3.8) is 0 Å². The maximum absolute atomic E-state index is 12.0. The van der Waals surface area contributed by atoms with E-state index in [2.05, 4.69) is 13.8 Å². The quantitative estimate of drug-likeness (QED) is 0.453. The molecule has 1 unspecified atom stereocenters. The molecule has 1 rings (SSSR count). The summed E-state index contributed by atoms with van der Waals surface area (Å²) in [5.74, 6) is -0.0526. The minimum atomic E-state index is -0.385. The van der Waals surface area contributed by atoms with Crippen molar-refractivity contribution in [2.45, 2.75) is 53.1 Å². The van der Waals surface area contributed by atoms with Crippen LogP contribution in [0.15, 0.2) is 11.8 Å². The van der Waals surface area contributed by atoms with Gasteiger partial charge in [0.15, 0.2) is 12.6 Å². The van der Waals surface area contributed by atoms with Crippen molar-refractivity contribution in [2.75, 3.05) is 26.9 Å². The Labute approximate surface area is 139 Å². The molecule has 23 heavy (non-hydrogen) atoms. The highest BCUT2D eigenvalue weighted by Gasteiger charge is 2.33. The van der Waals surface area contributed by atoms with Gasteiger partial charge in [-0.1, -0.05) is 13.8 Å². The van der Waals surface area contributed by atoms with Crippen LogP contribution in [-0.4, -0.2) is 45.5 Å². The zero-order valence-corrected chi connectivity index (χ0v) is 14.9. The largest absolute Gasteiger partial charge is 0.472 e. The Balaban J connectivity index is 2.76. The van der Waals surface area contributed by atoms with Gasteiger partial charge in [0.1, 0.15) is 0 Å². The van der Waals surface area contributed by atoms with E-state index in [4.69, 9.17) is 23.7 Å². The molecule has 2 atom stereocenters. The standard InChI is InChI=1S/C17H30O6/c1-6-20-15(21-7-2)8-13-9-16(22-10-12(3)4)23-11-14(13)17(18)19-5/h11-13,15-16H,6-10H2,1-5H3/t13-,16?/m0/s1. The fraction of sp³-hybridized carbons (Fsp3) is 0.824. The lowest BCUT2D eigenvalue weighted by molar-refractivity contribution is -0.164. The van der Waals surface area contributed by atoms with Crippen LogP contribution in [0, 0.1) is 11.8 Å². The maximum atomic E-state index is 12.0. The zero-order chi connectivity index (χ0) is 17.2. The molecule has 0 saturated carbocycles. The van der Waals surface area contributed by atoms with E-state index in [1.807, 2.05) is 13.8 Å². The van der Waals surface area contributed by atoms with Gasteiger partial charge in [-0.05, 0) is 19.8 Å². The third kappa shape index (κ3) is 6.89. The molecule has 0 aromatic carbocycles. The number of rotatable bonds is 10. The Morgan fingerprint density at radius 2 is 1.96 bits per heavy atom. The monoisotopic (exact) mass is 330 g/mol. The second-order valence-electron chi connectivity index (χ2n) is 5.87. The van der Waals surface area contributed by atoms with Gasteiger partial charge in [-0.3, -0.25) is 0 Å². The summed E-state index contributed by atoms with van der Waals surface area (Å²) in [7, 11) is 1.37. The van der Waals surface area contributed by atoms with Crippen LogP contribution >= 0.6 is 0 Å². The number of hydrogen-bond acceptors (Lipinski definition) is 6. The first-order valence-electron chi connectivity index (χ1n) is 8.30. The maximum Gasteiger partial charge on any atom is 0.337 e. The van der Waals surface area contributed by atoms with Crippen LogP contribution in [0.25, 0.3) is 0 Å². The van der Waals surface area contributed by atoms with E-state index in [-0.39, 0.29) is 24.5 Å². The zero-order valence-electron chi connectivity index (χ0n) is 14.9. The first-order chi connectivity index (χ1) is 11.0. The van der Waals surface area contributed by atoms with Gasteiger partial charge in [-0.25, -0.2) is 4.79 Å². The number of carbonyl (C=O) groups is 1. The number of ether oxygens (including phenoxy) is 5. The molecule has 0 radical (unpaired) electrons. The van der Waals surface area contributed by atoms with E-state index in [1.54, 1.807) is 0 Å². The fourth-order valence-corrected chi connectivity index (χ4v) is 2.41. The van der Waals surface area contributed by atoms with Gasteiger partial charge in [-0.15, -0.1) is 0 Å². The predicted octanol–water partition coefficient (Wildman–Crippen LogP) is 2.87. The topological polar surface area (TPSA) is 63.2 Å². The van der Waals surface area contributed by atoms with Crippen LogP contribution < -0.4 is 0 Å². The van der Waals surface area contributed by atoms with E-state index >= 15 is 0 Å². The van der Waals surface area contributed by atoms with E-state index in [0.29, 0.717) is 44.2 Å². The van der Waals surface area contributed by atoms with Crippen LogP contribution in [0.2, 0.25) is 0 Å². The third-order valence-electron chi connectivity index (χ3n) is 3.48. The summed E-state index contributed by atoms with van der Waals surface area (Å²) in [6.07, 6.45) is 1.88. The highest BCUT2D eigenvalue weighted by molar-refractivity contribution is 5.88. The molecule has 1 aliphatic rings. The van der Waals surface area contributed by atoms with Crippen molar-refractivity contribution in [3.05, 3.63) is 11.8 Å². The number of carbonyl (C=O) groups excluding carboxylic acids is 1. The fourth-order valence-electron chi connectivity index (χ4n) is 2.41. The molecule has 0 N–H and O–H groups in total. The Morgan fingerprint density at radius 3 is 2.48 bits per heavy atom. The summed E-state index contributed by atoms with van der Waals surface area (Å²) in [5.41, 5.74) is 0.501. The molecular weight excluding hydrogens is 300 g/mol. The first kappa shape index (κ1) is 19.9. The number of esters is 1. The van der Waals surface area contributed by atoms with Crippen molar-refractivity contribution in [2.24, 2.45) is 11.8 Å². The van der Waals surface area contributed by atoms with Gasteiger partial charge in [0.2, 0.25) is 0 Å². The van der Waals surface area contributed by atoms with Crippen molar-refractivity contribution in [1.29, 1.82) is 0 Å². The molecule has 0 spiro atoms. The molecule has 0 aromatic rings. The predicted molar refractivity (Wildman–Crippen MR) is 85.5 cm³/mol. The summed E-state index contributed by atoms with van der Waals surface area (Å²) in [6, 6.07) is 0. The lowest BCUT2D eigenvalue weighted by atomic mass is 9.91.